The van der Waals surface area contributed by atoms with Gasteiger partial charge < -0.3 is 24.8 Å². The number of ether oxygens (including phenoxy) is 2. The molecule has 1 atom stereocenters. The molecule has 0 aromatic rings. The van der Waals surface area contributed by atoms with E-state index in [1.54, 1.807) is 0 Å². The van der Waals surface area contributed by atoms with E-state index in [0.717, 1.165) is 13.8 Å². The minimum Gasteiger partial charge on any atom is -0.396 e. The first-order valence-corrected chi connectivity index (χ1v) is 3.72. The van der Waals surface area contributed by atoms with E-state index in [4.69, 9.17) is 10.2 Å². The average Bonchev–Trinajstić information content (AvgIpc) is 1.99. The minimum atomic E-state index is -2.84. The maximum absolute atomic E-state index is 10.5. The summed E-state index contributed by atoms with van der Waals surface area (Å²) in [5.41, 5.74) is 0. The van der Waals surface area contributed by atoms with Crippen LogP contribution in [0, 0.1) is 0 Å². The molecule has 0 amide bonds. The fourth-order valence-corrected chi connectivity index (χ4v) is 0.684. The lowest BCUT2D eigenvalue weighted by Crippen LogP contribution is -2.51. The Morgan fingerprint density at radius 1 is 1.29 bits per heavy atom. The molecule has 3 N–H and O–H groups in total. The number of hydrogen-bond donors (Lipinski definition) is 3. The molecule has 7 nitrogen and oxygen atoms in total. The van der Waals surface area contributed by atoms with Gasteiger partial charge >= 0.3 is 17.9 Å². The molecule has 0 rings (SSSR count). The highest BCUT2D eigenvalue weighted by Crippen LogP contribution is 2.15. The van der Waals surface area contributed by atoms with E-state index in [1.807, 2.05) is 0 Å². The third-order valence-corrected chi connectivity index (χ3v) is 1.17. The van der Waals surface area contributed by atoms with E-state index in [-0.39, 0.29) is 0 Å². The van der Waals surface area contributed by atoms with Crippen molar-refractivity contribution >= 4 is 11.9 Å². The van der Waals surface area contributed by atoms with Gasteiger partial charge in [-0.05, 0) is 0 Å². The molecule has 0 aromatic heterocycles. The Kier molecular flexibility index (Phi) is 4.48. The van der Waals surface area contributed by atoms with Crippen molar-refractivity contribution in [1.29, 1.82) is 0 Å². The molecule has 1 unspecified atom stereocenters. The van der Waals surface area contributed by atoms with Crippen LogP contribution in [0.1, 0.15) is 13.8 Å². The molecular formula is C7H12O7. The third-order valence-electron chi connectivity index (χ3n) is 1.17. The van der Waals surface area contributed by atoms with Crippen LogP contribution in [0.3, 0.4) is 0 Å². The second-order valence-corrected chi connectivity index (χ2v) is 2.52. The quantitative estimate of drug-likeness (QED) is 0.365. The van der Waals surface area contributed by atoms with E-state index >= 15 is 0 Å². The van der Waals surface area contributed by atoms with Crippen molar-refractivity contribution in [3.8, 4) is 0 Å². The van der Waals surface area contributed by atoms with E-state index < -0.39 is 30.6 Å². The topological polar surface area (TPSA) is 113 Å². The smallest absolute Gasteiger partial charge is 0.396 e. The van der Waals surface area contributed by atoms with Gasteiger partial charge in [0.25, 0.3) is 0 Å². The zero-order chi connectivity index (χ0) is 11.4. The number of carbonyl (C=O) groups excluding carboxylic acids is 2. The van der Waals surface area contributed by atoms with Gasteiger partial charge in [-0.1, -0.05) is 0 Å². The van der Waals surface area contributed by atoms with Crippen LogP contribution in [0.5, 0.6) is 0 Å². The van der Waals surface area contributed by atoms with Crippen molar-refractivity contribution in [3.63, 3.8) is 0 Å². The molecule has 0 heterocycles. The van der Waals surface area contributed by atoms with Gasteiger partial charge in [-0.25, -0.2) is 0 Å². The fraction of sp³-hybridized carbons (Fsp3) is 0.714. The van der Waals surface area contributed by atoms with E-state index in [9.17, 15) is 14.7 Å². The first-order chi connectivity index (χ1) is 6.31. The minimum absolute atomic E-state index is 0.933. The molecule has 7 heteroatoms. The molecule has 0 spiro atoms. The normalized spacial score (nSPS) is 13.2. The molecule has 0 radical (unpaired) electrons. The number of aliphatic hydroxyl groups excluding tert-OH is 2. The van der Waals surface area contributed by atoms with Crippen molar-refractivity contribution in [2.24, 2.45) is 0 Å². The SMILES string of the molecule is CC(=O)OC(O)(OC(C)=O)C(O)CO. The summed E-state index contributed by atoms with van der Waals surface area (Å²) in [5.74, 6) is -4.78. The highest BCUT2D eigenvalue weighted by molar-refractivity contribution is 5.68. The van der Waals surface area contributed by atoms with Crippen LogP contribution in [0.2, 0.25) is 0 Å². The standard InChI is InChI=1S/C7H12O7/c1-4(9)13-7(12,6(11)3-8)14-5(2)10/h6,8,11-12H,3H2,1-2H3. The lowest BCUT2D eigenvalue weighted by Gasteiger charge is -2.28. The van der Waals surface area contributed by atoms with E-state index in [2.05, 4.69) is 9.47 Å². The monoisotopic (exact) mass is 208 g/mol. The second kappa shape index (κ2) is 4.89. The van der Waals surface area contributed by atoms with Gasteiger partial charge in [0, 0.05) is 13.8 Å². The fourth-order valence-electron chi connectivity index (χ4n) is 0.684. The molecule has 82 valence electrons. The molecule has 0 bridgehead atoms. The van der Waals surface area contributed by atoms with Gasteiger partial charge in [-0.3, -0.25) is 9.59 Å². The lowest BCUT2D eigenvalue weighted by molar-refractivity contribution is -0.362. The summed E-state index contributed by atoms with van der Waals surface area (Å²) in [6.07, 6.45) is -1.92. The Bertz CT molecular complexity index is 208. The van der Waals surface area contributed by atoms with Gasteiger partial charge in [-0.15, -0.1) is 0 Å². The van der Waals surface area contributed by atoms with Crippen LogP contribution in [0.25, 0.3) is 0 Å². The Hall–Kier alpha value is -1.18. The Labute approximate surface area is 79.9 Å². The molecule has 14 heavy (non-hydrogen) atoms. The van der Waals surface area contributed by atoms with Crippen LogP contribution < -0.4 is 0 Å². The molecule has 0 saturated carbocycles. The van der Waals surface area contributed by atoms with E-state index in [1.165, 1.54) is 0 Å². The molecule has 0 saturated heterocycles. The highest BCUT2D eigenvalue weighted by atomic mass is 16.8. The summed E-state index contributed by atoms with van der Waals surface area (Å²) in [6.45, 7) is 0.953. The number of carbonyl (C=O) groups is 2. The number of aliphatic hydroxyl groups is 3. The van der Waals surface area contributed by atoms with Crippen molar-refractivity contribution in [3.05, 3.63) is 0 Å². The number of hydrogen-bond acceptors (Lipinski definition) is 7. The lowest BCUT2D eigenvalue weighted by atomic mass is 10.3. The summed E-state index contributed by atoms with van der Waals surface area (Å²) >= 11 is 0. The average molecular weight is 208 g/mol. The third kappa shape index (κ3) is 3.69. The summed E-state index contributed by atoms with van der Waals surface area (Å²) < 4.78 is 8.33. The molecule has 0 fully saturated rings. The van der Waals surface area contributed by atoms with Crippen molar-refractivity contribution in [1.82, 2.24) is 0 Å². The van der Waals surface area contributed by atoms with Crippen molar-refractivity contribution in [2.75, 3.05) is 6.61 Å². The predicted molar refractivity (Wildman–Crippen MR) is 41.6 cm³/mol. The van der Waals surface area contributed by atoms with Gasteiger partial charge in [0.05, 0.1) is 6.61 Å². The van der Waals surface area contributed by atoms with Gasteiger partial charge in [0.1, 0.15) is 0 Å². The maximum Gasteiger partial charge on any atom is 0.403 e. The predicted octanol–water partition coefficient (Wildman–Crippen LogP) is -1.89. The molecule has 0 aliphatic rings. The van der Waals surface area contributed by atoms with Crippen molar-refractivity contribution < 1.29 is 34.4 Å². The van der Waals surface area contributed by atoms with Gasteiger partial charge in [0.15, 0.2) is 6.10 Å². The first kappa shape index (κ1) is 12.8. The first-order valence-electron chi connectivity index (χ1n) is 3.72. The summed E-state index contributed by atoms with van der Waals surface area (Å²) in [4.78, 5) is 21.0. The molecular weight excluding hydrogens is 196 g/mol. The molecule has 0 aromatic carbocycles. The number of rotatable bonds is 4. The summed E-state index contributed by atoms with van der Waals surface area (Å²) in [5, 5.41) is 26.8. The zero-order valence-corrected chi connectivity index (χ0v) is 7.76. The van der Waals surface area contributed by atoms with Crippen molar-refractivity contribution in [2.45, 2.75) is 25.9 Å². The zero-order valence-electron chi connectivity index (χ0n) is 7.76. The maximum atomic E-state index is 10.5. The molecule has 0 aliphatic carbocycles. The number of esters is 2. The largest absolute Gasteiger partial charge is 0.403 e. The van der Waals surface area contributed by atoms with Crippen LogP contribution in [0.15, 0.2) is 0 Å². The van der Waals surface area contributed by atoms with Crippen LogP contribution in [-0.2, 0) is 19.1 Å². The van der Waals surface area contributed by atoms with Crippen LogP contribution >= 0.6 is 0 Å². The highest BCUT2D eigenvalue weighted by Gasteiger charge is 2.43. The summed E-state index contributed by atoms with van der Waals surface area (Å²) in [6, 6.07) is 0. The van der Waals surface area contributed by atoms with Gasteiger partial charge in [0.2, 0.25) is 0 Å². The Morgan fingerprint density at radius 3 is 1.86 bits per heavy atom. The Morgan fingerprint density at radius 2 is 1.64 bits per heavy atom. The van der Waals surface area contributed by atoms with E-state index in [0.29, 0.717) is 0 Å². The van der Waals surface area contributed by atoms with Crippen LogP contribution in [-0.4, -0.2) is 45.9 Å². The molecule has 0 aliphatic heterocycles. The second-order valence-electron chi connectivity index (χ2n) is 2.52. The van der Waals surface area contributed by atoms with Crippen LogP contribution in [0.4, 0.5) is 0 Å². The Balaban J connectivity index is 4.64. The van der Waals surface area contributed by atoms with Gasteiger partial charge in [-0.2, -0.15) is 0 Å². The summed E-state index contributed by atoms with van der Waals surface area (Å²) in [7, 11) is 0.